The van der Waals surface area contributed by atoms with Gasteiger partial charge in [0.15, 0.2) is 5.69 Å². The summed E-state index contributed by atoms with van der Waals surface area (Å²) in [6, 6.07) is 20.4. The van der Waals surface area contributed by atoms with Crippen molar-refractivity contribution >= 4 is 22.5 Å². The molecule has 1 fully saturated rings. The Kier molecular flexibility index (Phi) is 5.31. The summed E-state index contributed by atoms with van der Waals surface area (Å²) >= 11 is 0. The number of nitrogens with zero attached hydrogens (tertiary/aromatic N) is 6. The second-order valence-corrected chi connectivity index (χ2v) is 8.31. The number of para-hydroxylation sites is 1. The zero-order valence-electron chi connectivity index (χ0n) is 18.3. The Balaban J connectivity index is 1.36. The largest absolute Gasteiger partial charge is 0.369 e. The van der Waals surface area contributed by atoms with Gasteiger partial charge in [-0.25, -0.2) is 4.68 Å². The average molecular weight is 427 g/mol. The van der Waals surface area contributed by atoms with Crippen LogP contribution in [0.1, 0.15) is 29.0 Å². The minimum atomic E-state index is -0.0869. The first kappa shape index (κ1) is 20.2. The van der Waals surface area contributed by atoms with Crippen LogP contribution in [0.3, 0.4) is 0 Å². The minimum Gasteiger partial charge on any atom is -0.369 e. The lowest BCUT2D eigenvalue weighted by atomic mass is 10.0. The quantitative estimate of drug-likeness (QED) is 0.496. The van der Waals surface area contributed by atoms with E-state index in [1.54, 1.807) is 10.9 Å². The molecule has 0 radical (unpaired) electrons. The lowest BCUT2D eigenvalue weighted by molar-refractivity contribution is 0.0710. The van der Waals surface area contributed by atoms with Gasteiger partial charge in [0.25, 0.3) is 5.91 Å². The van der Waals surface area contributed by atoms with E-state index < -0.39 is 0 Å². The summed E-state index contributed by atoms with van der Waals surface area (Å²) < 4.78 is 1.73. The van der Waals surface area contributed by atoms with Gasteiger partial charge in [0.05, 0.1) is 16.9 Å². The number of amides is 1. The van der Waals surface area contributed by atoms with Crippen molar-refractivity contribution in [2.24, 2.45) is 0 Å². The maximum absolute atomic E-state index is 13.3. The Morgan fingerprint density at radius 2 is 1.91 bits per heavy atom. The molecular weight excluding hydrogens is 400 g/mol. The molecule has 1 aliphatic rings. The van der Waals surface area contributed by atoms with E-state index in [-0.39, 0.29) is 11.9 Å². The predicted octanol–water partition coefficient (Wildman–Crippen LogP) is 3.86. The normalized spacial score (nSPS) is 16.3. The van der Waals surface area contributed by atoms with Crippen molar-refractivity contribution < 1.29 is 4.79 Å². The molecule has 0 saturated carbocycles. The van der Waals surface area contributed by atoms with Crippen molar-refractivity contribution in [3.05, 3.63) is 78.2 Å². The number of carbonyl (C=O) groups excluding carboxylic acids is 1. The summed E-state index contributed by atoms with van der Waals surface area (Å²) in [5.41, 5.74) is 4.12. The molecule has 1 unspecified atom stereocenters. The van der Waals surface area contributed by atoms with Gasteiger partial charge in [0.1, 0.15) is 0 Å². The maximum atomic E-state index is 13.3. The number of hydrogen-bond acceptors (Lipinski definition) is 5. The van der Waals surface area contributed by atoms with Gasteiger partial charge in [-0.15, -0.1) is 5.10 Å². The van der Waals surface area contributed by atoms with E-state index in [0.717, 1.165) is 48.2 Å². The fourth-order valence-electron chi connectivity index (χ4n) is 4.44. The van der Waals surface area contributed by atoms with Gasteiger partial charge in [-0.05, 0) is 56.2 Å². The van der Waals surface area contributed by atoms with Crippen LogP contribution in [0, 0.1) is 6.92 Å². The molecule has 4 aromatic rings. The fourth-order valence-corrected chi connectivity index (χ4v) is 4.44. The summed E-state index contributed by atoms with van der Waals surface area (Å²) in [5, 5.41) is 9.57. The highest BCUT2D eigenvalue weighted by atomic mass is 16.2. The molecule has 7 nitrogen and oxygen atoms in total. The second-order valence-electron chi connectivity index (χ2n) is 8.31. The molecule has 0 spiro atoms. The van der Waals surface area contributed by atoms with E-state index in [1.165, 1.54) is 5.69 Å². The van der Waals surface area contributed by atoms with Crippen LogP contribution < -0.4 is 4.90 Å². The van der Waals surface area contributed by atoms with Crippen molar-refractivity contribution in [3.8, 4) is 5.69 Å². The predicted molar refractivity (Wildman–Crippen MR) is 125 cm³/mol. The topological polar surface area (TPSA) is 67.2 Å². The number of carbonyl (C=O) groups is 1. The fraction of sp³-hybridized carbons (Fsp3) is 0.280. The molecule has 162 valence electrons. The number of rotatable bonds is 4. The Morgan fingerprint density at radius 3 is 2.75 bits per heavy atom. The first-order valence-electron chi connectivity index (χ1n) is 11.0. The number of hydrogen-bond donors (Lipinski definition) is 0. The summed E-state index contributed by atoms with van der Waals surface area (Å²) in [7, 11) is 1.88. The monoisotopic (exact) mass is 426 g/mol. The number of piperidine rings is 1. The van der Waals surface area contributed by atoms with Gasteiger partial charge < -0.3 is 9.80 Å². The molecule has 0 N–H and O–H groups in total. The molecular formula is C25H26N6O. The van der Waals surface area contributed by atoms with E-state index >= 15 is 0 Å². The third-order valence-electron chi connectivity index (χ3n) is 6.31. The molecule has 0 bridgehead atoms. The number of fused-ring (bicyclic) bond motifs is 1. The third kappa shape index (κ3) is 3.70. The van der Waals surface area contributed by atoms with Crippen LogP contribution in [0.25, 0.3) is 16.6 Å². The maximum Gasteiger partial charge on any atom is 0.276 e. The van der Waals surface area contributed by atoms with E-state index in [0.29, 0.717) is 5.69 Å². The molecule has 5 rings (SSSR count). The Labute approximate surface area is 187 Å². The number of anilines is 1. The van der Waals surface area contributed by atoms with Crippen LogP contribution in [0.2, 0.25) is 0 Å². The lowest BCUT2D eigenvalue weighted by Gasteiger charge is -2.38. The molecule has 2 aromatic heterocycles. The molecule has 3 heterocycles. The van der Waals surface area contributed by atoms with Crippen molar-refractivity contribution in [1.29, 1.82) is 0 Å². The standard InChI is InChI=1S/C25H26N6O/c1-18-24(27-28-31(18)21-12-13-23-19(16-21)8-6-14-26-23)25(32)29(2)22-11-7-15-30(17-22)20-9-4-3-5-10-20/h3-6,8-10,12-14,16,22H,7,11,15,17H2,1-2H3. The highest BCUT2D eigenvalue weighted by Crippen LogP contribution is 2.24. The number of likely N-dealkylation sites (N-methyl/N-ethyl adjacent to an activating group) is 1. The van der Waals surface area contributed by atoms with Gasteiger partial charge in [0, 0.05) is 43.4 Å². The van der Waals surface area contributed by atoms with E-state index in [2.05, 4.69) is 44.5 Å². The Morgan fingerprint density at radius 1 is 1.06 bits per heavy atom. The van der Waals surface area contributed by atoms with Gasteiger partial charge in [-0.1, -0.05) is 29.5 Å². The molecule has 1 aliphatic heterocycles. The summed E-state index contributed by atoms with van der Waals surface area (Å²) in [6.45, 7) is 3.72. The molecule has 1 saturated heterocycles. The lowest BCUT2D eigenvalue weighted by Crippen LogP contribution is -2.48. The van der Waals surface area contributed by atoms with Crippen LogP contribution in [0.15, 0.2) is 66.9 Å². The SMILES string of the molecule is Cc1c(C(=O)N(C)C2CCCN(c3ccccc3)C2)nnn1-c1ccc2ncccc2c1. The molecule has 1 amide bonds. The third-order valence-corrected chi connectivity index (χ3v) is 6.31. The van der Waals surface area contributed by atoms with Crippen molar-refractivity contribution in [2.45, 2.75) is 25.8 Å². The Hall–Kier alpha value is -3.74. The Bertz CT molecular complexity index is 1250. The van der Waals surface area contributed by atoms with Crippen molar-refractivity contribution in [3.63, 3.8) is 0 Å². The number of pyridine rings is 1. The van der Waals surface area contributed by atoms with Crippen LogP contribution in [-0.4, -0.2) is 57.0 Å². The zero-order valence-corrected chi connectivity index (χ0v) is 18.3. The van der Waals surface area contributed by atoms with E-state index in [1.807, 2.05) is 55.3 Å². The first-order chi connectivity index (χ1) is 15.6. The molecule has 32 heavy (non-hydrogen) atoms. The van der Waals surface area contributed by atoms with E-state index in [9.17, 15) is 4.79 Å². The van der Waals surface area contributed by atoms with Crippen molar-refractivity contribution in [2.75, 3.05) is 25.0 Å². The van der Waals surface area contributed by atoms with Crippen molar-refractivity contribution in [1.82, 2.24) is 24.9 Å². The smallest absolute Gasteiger partial charge is 0.276 e. The van der Waals surface area contributed by atoms with E-state index in [4.69, 9.17) is 0 Å². The van der Waals surface area contributed by atoms with Crippen LogP contribution in [-0.2, 0) is 0 Å². The highest BCUT2D eigenvalue weighted by molar-refractivity contribution is 5.93. The molecule has 0 aliphatic carbocycles. The molecule has 2 aromatic carbocycles. The second kappa shape index (κ2) is 8.42. The van der Waals surface area contributed by atoms with Crippen LogP contribution in [0.4, 0.5) is 5.69 Å². The minimum absolute atomic E-state index is 0.0869. The summed E-state index contributed by atoms with van der Waals surface area (Å²) in [5.74, 6) is -0.0869. The van der Waals surface area contributed by atoms with Crippen LogP contribution in [0.5, 0.6) is 0 Å². The van der Waals surface area contributed by atoms with Gasteiger partial charge in [0.2, 0.25) is 0 Å². The number of aromatic nitrogens is 4. The van der Waals surface area contributed by atoms with Crippen LogP contribution >= 0.6 is 0 Å². The molecule has 1 atom stereocenters. The summed E-state index contributed by atoms with van der Waals surface area (Å²) in [6.07, 6.45) is 3.81. The van der Waals surface area contributed by atoms with Gasteiger partial charge in [-0.3, -0.25) is 9.78 Å². The number of benzene rings is 2. The zero-order chi connectivity index (χ0) is 22.1. The summed E-state index contributed by atoms with van der Waals surface area (Å²) in [4.78, 5) is 21.9. The molecule has 7 heteroatoms. The average Bonchev–Trinajstić information content (AvgIpc) is 3.24. The first-order valence-corrected chi connectivity index (χ1v) is 11.0. The highest BCUT2D eigenvalue weighted by Gasteiger charge is 2.29. The van der Waals surface area contributed by atoms with Gasteiger partial charge >= 0.3 is 0 Å². The van der Waals surface area contributed by atoms with Gasteiger partial charge in [-0.2, -0.15) is 0 Å².